The average molecular weight is 472 g/mol. The van der Waals surface area contributed by atoms with Crippen molar-refractivity contribution < 1.29 is 22.0 Å². The molecule has 1 amide bonds. The third-order valence-electron chi connectivity index (χ3n) is 5.60. The Kier molecular flexibility index (Phi) is 5.84. The molecule has 4 aromatic rings. The molecular formula is C24H23F2N3O3S. The number of aryl methyl sites for hydroxylation is 1. The van der Waals surface area contributed by atoms with Gasteiger partial charge in [-0.1, -0.05) is 18.2 Å². The van der Waals surface area contributed by atoms with Gasteiger partial charge in [-0.25, -0.2) is 17.2 Å². The van der Waals surface area contributed by atoms with Gasteiger partial charge in [-0.2, -0.15) is 0 Å². The zero-order valence-corrected chi connectivity index (χ0v) is 19.2. The van der Waals surface area contributed by atoms with Gasteiger partial charge in [0, 0.05) is 40.1 Å². The molecule has 0 aliphatic heterocycles. The Morgan fingerprint density at radius 1 is 1.00 bits per heavy atom. The zero-order valence-electron chi connectivity index (χ0n) is 18.3. The number of nitrogens with zero attached hydrogens (tertiary/aromatic N) is 2. The summed E-state index contributed by atoms with van der Waals surface area (Å²) in [5.74, 6) is -2.92. The van der Waals surface area contributed by atoms with E-state index in [9.17, 15) is 22.0 Å². The van der Waals surface area contributed by atoms with Crippen LogP contribution in [-0.2, 0) is 21.4 Å². The van der Waals surface area contributed by atoms with Crippen molar-refractivity contribution in [3.05, 3.63) is 72.3 Å². The molecule has 9 heteroatoms. The third kappa shape index (κ3) is 4.16. The summed E-state index contributed by atoms with van der Waals surface area (Å²) in [6.07, 6.45) is 0.906. The minimum Gasteiger partial charge on any atom is -0.341 e. The number of benzene rings is 3. The molecule has 172 valence electrons. The lowest BCUT2D eigenvalue weighted by molar-refractivity contribution is -0.116. The summed E-state index contributed by atoms with van der Waals surface area (Å²) in [5, 5.41) is 4.75. The number of fused-ring (bicyclic) bond motifs is 3. The number of amides is 1. The van der Waals surface area contributed by atoms with Crippen LogP contribution >= 0.6 is 0 Å². The summed E-state index contributed by atoms with van der Waals surface area (Å²) in [7, 11) is -3.97. The molecule has 0 bridgehead atoms. The predicted molar refractivity (Wildman–Crippen MR) is 127 cm³/mol. The van der Waals surface area contributed by atoms with E-state index in [4.69, 9.17) is 0 Å². The molecule has 0 saturated carbocycles. The highest BCUT2D eigenvalue weighted by atomic mass is 32.2. The van der Waals surface area contributed by atoms with Gasteiger partial charge in [0.1, 0.15) is 6.04 Å². The van der Waals surface area contributed by atoms with Crippen molar-refractivity contribution in [1.29, 1.82) is 0 Å². The molecule has 0 aliphatic rings. The predicted octanol–water partition coefficient (Wildman–Crippen LogP) is 4.89. The lowest BCUT2D eigenvalue weighted by atomic mass is 10.1. The van der Waals surface area contributed by atoms with E-state index in [1.807, 2.05) is 36.4 Å². The number of hydrogen-bond acceptors (Lipinski definition) is 3. The molecule has 33 heavy (non-hydrogen) atoms. The summed E-state index contributed by atoms with van der Waals surface area (Å²) in [4.78, 5) is 13.0. The number of anilines is 2. The summed E-state index contributed by atoms with van der Waals surface area (Å²) in [6, 6.07) is 14.9. The fourth-order valence-corrected chi connectivity index (χ4v) is 5.32. The largest absolute Gasteiger partial charge is 0.341 e. The van der Waals surface area contributed by atoms with Crippen LogP contribution in [0.3, 0.4) is 0 Å². The number of halogens is 2. The molecule has 1 N–H and O–H groups in total. The SMILES string of the molecule is CCn1c2ccccc2c2cc(NC(=O)C(C)N(c3ccc(F)c(F)c3)S(C)(=O)=O)ccc21. The highest BCUT2D eigenvalue weighted by molar-refractivity contribution is 7.92. The van der Waals surface area contributed by atoms with E-state index in [-0.39, 0.29) is 5.69 Å². The molecule has 0 fully saturated rings. The second-order valence-electron chi connectivity index (χ2n) is 7.82. The molecule has 1 heterocycles. The normalized spacial score (nSPS) is 12.8. The van der Waals surface area contributed by atoms with E-state index < -0.39 is 33.6 Å². The van der Waals surface area contributed by atoms with Crippen LogP contribution in [0.2, 0.25) is 0 Å². The summed E-state index contributed by atoms with van der Waals surface area (Å²) < 4.78 is 54.9. The topological polar surface area (TPSA) is 71.4 Å². The number of aromatic nitrogens is 1. The standard InChI is InChI=1S/C24H23F2N3O3S/c1-4-28-22-8-6-5-7-18(22)19-13-16(9-12-23(19)28)27-24(30)15(2)29(33(3,31)32)17-10-11-20(25)21(26)14-17/h5-15H,4H2,1-3H3,(H,27,30). The number of carbonyl (C=O) groups excluding carboxylic acids is 1. The number of nitrogens with one attached hydrogen (secondary N) is 1. The Morgan fingerprint density at radius 3 is 2.36 bits per heavy atom. The Balaban J connectivity index is 1.69. The summed E-state index contributed by atoms with van der Waals surface area (Å²) in [5.41, 5.74) is 2.45. The van der Waals surface area contributed by atoms with E-state index in [2.05, 4.69) is 16.8 Å². The number of para-hydroxylation sites is 1. The maximum Gasteiger partial charge on any atom is 0.247 e. The van der Waals surface area contributed by atoms with Gasteiger partial charge in [0.25, 0.3) is 0 Å². The third-order valence-corrected chi connectivity index (χ3v) is 6.84. The van der Waals surface area contributed by atoms with Gasteiger partial charge in [0.05, 0.1) is 11.9 Å². The minimum absolute atomic E-state index is 0.138. The van der Waals surface area contributed by atoms with Gasteiger partial charge in [-0.15, -0.1) is 0 Å². The molecule has 1 unspecified atom stereocenters. The van der Waals surface area contributed by atoms with Gasteiger partial charge < -0.3 is 9.88 Å². The fraction of sp³-hybridized carbons (Fsp3) is 0.208. The second-order valence-corrected chi connectivity index (χ2v) is 9.68. The van der Waals surface area contributed by atoms with Crippen LogP contribution in [-0.4, -0.2) is 31.2 Å². The number of carbonyl (C=O) groups is 1. The number of hydrogen-bond donors (Lipinski definition) is 1. The van der Waals surface area contributed by atoms with Crippen LogP contribution in [0.4, 0.5) is 20.2 Å². The molecule has 4 rings (SSSR count). The van der Waals surface area contributed by atoms with Crippen molar-refractivity contribution in [3.63, 3.8) is 0 Å². The van der Waals surface area contributed by atoms with E-state index in [1.165, 1.54) is 6.92 Å². The Labute approximate surface area is 190 Å². The molecule has 3 aromatic carbocycles. The van der Waals surface area contributed by atoms with Crippen LogP contribution in [0.15, 0.2) is 60.7 Å². The Bertz CT molecular complexity index is 1480. The number of rotatable bonds is 6. The number of sulfonamides is 1. The molecule has 6 nitrogen and oxygen atoms in total. The highest BCUT2D eigenvalue weighted by Gasteiger charge is 2.30. The Hall–Kier alpha value is -3.46. The van der Waals surface area contributed by atoms with Crippen LogP contribution in [0.25, 0.3) is 21.8 Å². The first-order chi connectivity index (χ1) is 15.6. The van der Waals surface area contributed by atoms with Crippen molar-refractivity contribution in [2.75, 3.05) is 15.9 Å². The monoisotopic (exact) mass is 471 g/mol. The first kappa shape index (κ1) is 22.7. The van der Waals surface area contributed by atoms with E-state index in [0.717, 1.165) is 57.1 Å². The first-order valence-electron chi connectivity index (χ1n) is 10.4. The molecule has 0 aliphatic carbocycles. The van der Waals surface area contributed by atoms with Crippen LogP contribution in [0, 0.1) is 11.6 Å². The van der Waals surface area contributed by atoms with Gasteiger partial charge in [-0.3, -0.25) is 9.10 Å². The Morgan fingerprint density at radius 2 is 1.70 bits per heavy atom. The smallest absolute Gasteiger partial charge is 0.247 e. The molecule has 0 saturated heterocycles. The summed E-state index contributed by atoms with van der Waals surface area (Å²) >= 11 is 0. The van der Waals surface area contributed by atoms with Crippen molar-refractivity contribution >= 4 is 49.1 Å². The molecule has 0 radical (unpaired) electrons. The lowest BCUT2D eigenvalue weighted by Gasteiger charge is -2.28. The van der Waals surface area contributed by atoms with Crippen molar-refractivity contribution in [2.24, 2.45) is 0 Å². The maximum atomic E-state index is 13.7. The second kappa shape index (κ2) is 8.47. The van der Waals surface area contributed by atoms with E-state index in [1.54, 1.807) is 6.07 Å². The van der Waals surface area contributed by atoms with Crippen molar-refractivity contribution in [3.8, 4) is 0 Å². The van der Waals surface area contributed by atoms with E-state index >= 15 is 0 Å². The summed E-state index contributed by atoms with van der Waals surface area (Å²) in [6.45, 7) is 4.23. The fourth-order valence-electron chi connectivity index (χ4n) is 4.15. The first-order valence-corrected chi connectivity index (χ1v) is 12.2. The zero-order chi connectivity index (χ0) is 23.9. The van der Waals surface area contributed by atoms with Gasteiger partial charge in [0.15, 0.2) is 11.6 Å². The van der Waals surface area contributed by atoms with Crippen molar-refractivity contribution in [1.82, 2.24) is 4.57 Å². The van der Waals surface area contributed by atoms with Gasteiger partial charge in [-0.05, 0) is 50.2 Å². The van der Waals surface area contributed by atoms with E-state index in [0.29, 0.717) is 5.69 Å². The molecular weight excluding hydrogens is 448 g/mol. The minimum atomic E-state index is -3.97. The van der Waals surface area contributed by atoms with Crippen LogP contribution in [0.1, 0.15) is 13.8 Å². The molecule has 0 spiro atoms. The van der Waals surface area contributed by atoms with Crippen molar-refractivity contribution in [2.45, 2.75) is 26.4 Å². The van der Waals surface area contributed by atoms with Crippen LogP contribution < -0.4 is 9.62 Å². The molecule has 1 atom stereocenters. The van der Waals surface area contributed by atoms with Gasteiger partial charge >= 0.3 is 0 Å². The average Bonchev–Trinajstić information content (AvgIpc) is 3.08. The quantitative estimate of drug-likeness (QED) is 0.435. The maximum absolute atomic E-state index is 13.7. The van der Waals surface area contributed by atoms with Gasteiger partial charge in [0.2, 0.25) is 15.9 Å². The molecule has 1 aromatic heterocycles. The van der Waals surface area contributed by atoms with Crippen LogP contribution in [0.5, 0.6) is 0 Å². The lowest BCUT2D eigenvalue weighted by Crippen LogP contribution is -2.45. The highest BCUT2D eigenvalue weighted by Crippen LogP contribution is 2.31.